The number of ether oxygens (including phenoxy) is 1. The molecular weight excluding hydrogens is 358 g/mol. The number of aryl methyl sites for hydroxylation is 1. The van der Waals surface area contributed by atoms with E-state index in [0.29, 0.717) is 51.6 Å². The molecule has 2 saturated heterocycles. The average molecular weight is 381 g/mol. The summed E-state index contributed by atoms with van der Waals surface area (Å²) >= 11 is 0. The molecule has 0 aliphatic carbocycles. The third-order valence-corrected chi connectivity index (χ3v) is 6.84. The van der Waals surface area contributed by atoms with E-state index in [1.165, 1.54) is 4.31 Å². The first-order valence-electron chi connectivity index (χ1n) is 8.83. The molecule has 0 spiro atoms. The maximum absolute atomic E-state index is 12.9. The minimum atomic E-state index is -3.43. The van der Waals surface area contributed by atoms with Crippen molar-refractivity contribution < 1.29 is 13.2 Å². The van der Waals surface area contributed by atoms with Crippen LogP contribution in [0.2, 0.25) is 0 Å². The van der Waals surface area contributed by atoms with Gasteiger partial charge in [0, 0.05) is 39.3 Å². The van der Waals surface area contributed by atoms with Gasteiger partial charge in [0.2, 0.25) is 0 Å². The molecule has 0 N–H and O–H groups in total. The Kier molecular flexibility index (Phi) is 4.78. The summed E-state index contributed by atoms with van der Waals surface area (Å²) in [6, 6.07) is 3.80. The van der Waals surface area contributed by atoms with Gasteiger partial charge in [-0.2, -0.15) is 21.5 Å². The van der Waals surface area contributed by atoms with Gasteiger partial charge in [-0.15, -0.1) is 15.3 Å². The molecule has 2 fully saturated rings. The number of hydrogen-bond donors (Lipinski definition) is 0. The van der Waals surface area contributed by atoms with E-state index in [9.17, 15) is 8.42 Å². The van der Waals surface area contributed by atoms with Gasteiger partial charge < -0.3 is 9.64 Å². The Morgan fingerprint density at radius 3 is 2.54 bits per heavy atom. The van der Waals surface area contributed by atoms with Crippen LogP contribution in [0.3, 0.4) is 0 Å². The number of rotatable bonds is 3. The van der Waals surface area contributed by atoms with Crippen LogP contribution in [0.1, 0.15) is 12.2 Å². The number of nitrogens with zero attached hydrogens (tertiary/aromatic N) is 7. The molecule has 4 rings (SSSR count). The topological polar surface area (TPSA) is 96.2 Å². The standard InChI is InChI=1S/C15H23N7O3S/c1-13-16-17-14-3-4-15(18-22(13)14)19-5-2-6-20(8-7-19)26(23,24)21-9-11-25-12-10-21/h3-4H,2,5-12H2,1H3. The molecule has 0 saturated carbocycles. The van der Waals surface area contributed by atoms with Crippen molar-refractivity contribution in [1.29, 1.82) is 0 Å². The smallest absolute Gasteiger partial charge is 0.282 e. The molecule has 2 aromatic heterocycles. The van der Waals surface area contributed by atoms with Crippen LogP contribution in [-0.4, -0.2) is 89.3 Å². The van der Waals surface area contributed by atoms with Gasteiger partial charge in [-0.1, -0.05) is 0 Å². The summed E-state index contributed by atoms with van der Waals surface area (Å²) in [6.45, 7) is 5.95. The number of hydrogen-bond acceptors (Lipinski definition) is 7. The van der Waals surface area contributed by atoms with Gasteiger partial charge in [0.25, 0.3) is 10.2 Å². The second kappa shape index (κ2) is 7.06. The zero-order valence-electron chi connectivity index (χ0n) is 14.8. The van der Waals surface area contributed by atoms with Crippen molar-refractivity contribution in [2.24, 2.45) is 0 Å². The molecule has 2 aliphatic heterocycles. The van der Waals surface area contributed by atoms with E-state index in [2.05, 4.69) is 20.2 Å². The fourth-order valence-electron chi connectivity index (χ4n) is 3.35. The quantitative estimate of drug-likeness (QED) is 0.709. The minimum Gasteiger partial charge on any atom is -0.379 e. The van der Waals surface area contributed by atoms with Crippen LogP contribution in [0.4, 0.5) is 5.82 Å². The molecule has 0 bridgehead atoms. The predicted octanol–water partition coefficient (Wildman–Crippen LogP) is -0.478. The highest BCUT2D eigenvalue weighted by Crippen LogP contribution is 2.18. The lowest BCUT2D eigenvalue weighted by molar-refractivity contribution is 0.0703. The Hall–Kier alpha value is -1.82. The molecule has 2 aliphatic rings. The highest BCUT2D eigenvalue weighted by molar-refractivity contribution is 7.86. The van der Waals surface area contributed by atoms with Crippen molar-refractivity contribution in [3.8, 4) is 0 Å². The van der Waals surface area contributed by atoms with E-state index in [0.717, 1.165) is 24.6 Å². The van der Waals surface area contributed by atoms with E-state index in [1.807, 2.05) is 19.1 Å². The van der Waals surface area contributed by atoms with E-state index in [-0.39, 0.29) is 0 Å². The number of fused-ring (bicyclic) bond motifs is 1. The summed E-state index contributed by atoms with van der Waals surface area (Å²) in [7, 11) is -3.43. The Bertz CT molecular complexity index is 878. The van der Waals surface area contributed by atoms with Crippen LogP contribution in [-0.2, 0) is 14.9 Å². The van der Waals surface area contributed by atoms with Gasteiger partial charge >= 0.3 is 0 Å². The first kappa shape index (κ1) is 17.6. The lowest BCUT2D eigenvalue weighted by atomic mass is 10.4. The number of morpholine rings is 1. The maximum atomic E-state index is 12.9. The summed E-state index contributed by atoms with van der Waals surface area (Å²) in [6.07, 6.45) is 0.754. The number of aromatic nitrogens is 4. The zero-order chi connectivity index (χ0) is 18.1. The van der Waals surface area contributed by atoms with E-state index in [4.69, 9.17) is 4.74 Å². The minimum absolute atomic E-state index is 0.424. The van der Waals surface area contributed by atoms with Crippen molar-refractivity contribution >= 4 is 21.7 Å². The largest absolute Gasteiger partial charge is 0.379 e. The lowest BCUT2D eigenvalue weighted by Gasteiger charge is -2.31. The Balaban J connectivity index is 1.49. The summed E-state index contributed by atoms with van der Waals surface area (Å²) in [4.78, 5) is 2.12. The van der Waals surface area contributed by atoms with Crippen LogP contribution in [0.25, 0.3) is 5.65 Å². The van der Waals surface area contributed by atoms with Crippen LogP contribution >= 0.6 is 0 Å². The average Bonchev–Trinajstić information content (AvgIpc) is 2.87. The second-order valence-electron chi connectivity index (χ2n) is 6.47. The molecule has 0 unspecified atom stereocenters. The first-order valence-corrected chi connectivity index (χ1v) is 10.2. The maximum Gasteiger partial charge on any atom is 0.282 e. The molecule has 0 amide bonds. The molecular formula is C15H23N7O3S. The molecule has 0 aromatic carbocycles. The highest BCUT2D eigenvalue weighted by Gasteiger charge is 2.32. The Morgan fingerprint density at radius 2 is 1.73 bits per heavy atom. The molecule has 2 aromatic rings. The van der Waals surface area contributed by atoms with Gasteiger partial charge in [0.15, 0.2) is 11.5 Å². The van der Waals surface area contributed by atoms with Gasteiger partial charge in [-0.25, -0.2) is 0 Å². The summed E-state index contributed by atoms with van der Waals surface area (Å²) in [5.41, 5.74) is 0.706. The van der Waals surface area contributed by atoms with Crippen molar-refractivity contribution in [3.05, 3.63) is 18.0 Å². The van der Waals surface area contributed by atoms with Crippen LogP contribution in [0, 0.1) is 6.92 Å². The van der Waals surface area contributed by atoms with E-state index in [1.54, 1.807) is 8.82 Å². The summed E-state index contributed by atoms with van der Waals surface area (Å²) in [5.74, 6) is 1.54. The molecule has 0 radical (unpaired) electrons. The van der Waals surface area contributed by atoms with Crippen LogP contribution in [0.15, 0.2) is 12.1 Å². The van der Waals surface area contributed by atoms with Gasteiger partial charge in [-0.3, -0.25) is 0 Å². The zero-order valence-corrected chi connectivity index (χ0v) is 15.6. The molecule has 0 atom stereocenters. The third kappa shape index (κ3) is 3.27. The molecule has 10 nitrogen and oxygen atoms in total. The molecule has 142 valence electrons. The molecule has 11 heteroatoms. The van der Waals surface area contributed by atoms with Crippen LogP contribution < -0.4 is 4.90 Å². The summed E-state index contributed by atoms with van der Waals surface area (Å²) in [5, 5.41) is 12.7. The van der Waals surface area contributed by atoms with Crippen molar-refractivity contribution in [2.75, 3.05) is 57.4 Å². The fraction of sp³-hybridized carbons (Fsp3) is 0.667. The SMILES string of the molecule is Cc1nnc2ccc(N3CCCN(S(=O)(=O)N4CCOCC4)CC3)nn12. The Morgan fingerprint density at radius 1 is 0.962 bits per heavy atom. The van der Waals surface area contributed by atoms with Gasteiger partial charge in [0.05, 0.1) is 13.2 Å². The molecule has 26 heavy (non-hydrogen) atoms. The first-order chi connectivity index (χ1) is 12.6. The lowest BCUT2D eigenvalue weighted by Crippen LogP contribution is -2.49. The highest BCUT2D eigenvalue weighted by atomic mass is 32.2. The fourth-order valence-corrected chi connectivity index (χ4v) is 4.96. The van der Waals surface area contributed by atoms with Crippen LogP contribution in [0.5, 0.6) is 0 Å². The van der Waals surface area contributed by atoms with Crippen molar-refractivity contribution in [1.82, 2.24) is 28.4 Å². The van der Waals surface area contributed by atoms with E-state index >= 15 is 0 Å². The van der Waals surface area contributed by atoms with Gasteiger partial charge in [-0.05, 0) is 25.5 Å². The predicted molar refractivity (Wildman–Crippen MR) is 95.2 cm³/mol. The van der Waals surface area contributed by atoms with Crippen molar-refractivity contribution in [2.45, 2.75) is 13.3 Å². The second-order valence-corrected chi connectivity index (χ2v) is 8.40. The molecule has 4 heterocycles. The van der Waals surface area contributed by atoms with Crippen molar-refractivity contribution in [3.63, 3.8) is 0 Å². The normalized spacial score (nSPS) is 21.2. The van der Waals surface area contributed by atoms with E-state index < -0.39 is 10.2 Å². The number of anilines is 1. The van der Waals surface area contributed by atoms with Gasteiger partial charge in [0.1, 0.15) is 5.82 Å². The monoisotopic (exact) mass is 381 g/mol. The Labute approximate surface area is 152 Å². The summed E-state index contributed by atoms with van der Waals surface area (Å²) < 4.78 is 35.8. The third-order valence-electron chi connectivity index (χ3n) is 4.81.